The fourth-order valence-corrected chi connectivity index (χ4v) is 3.38. The largest absolute Gasteiger partial charge is 0.228 e. The van der Waals surface area contributed by atoms with E-state index in [1.807, 2.05) is 13.8 Å². The van der Waals surface area contributed by atoms with Crippen molar-refractivity contribution in [3.63, 3.8) is 0 Å². The first-order valence-electron chi connectivity index (χ1n) is 3.97. The first-order valence-corrected chi connectivity index (χ1v) is 6.11. The molecule has 0 aromatic heterocycles. The zero-order valence-corrected chi connectivity index (χ0v) is 8.95. The van der Waals surface area contributed by atoms with Crippen LogP contribution in [0.5, 0.6) is 0 Å². The molecular formula is C7H14ClNO2S. The molecule has 0 aromatic rings. The molecule has 3 nitrogen and oxygen atoms in total. The van der Waals surface area contributed by atoms with Gasteiger partial charge in [-0.15, -0.1) is 11.6 Å². The molecule has 5 heteroatoms. The molecular weight excluding hydrogens is 198 g/mol. The maximum absolute atomic E-state index is 11.4. The highest BCUT2D eigenvalue weighted by molar-refractivity contribution is 7.90. The van der Waals surface area contributed by atoms with Crippen molar-refractivity contribution in [2.24, 2.45) is 0 Å². The summed E-state index contributed by atoms with van der Waals surface area (Å²) in [5.41, 5.74) is -0.242. The topological polar surface area (TPSA) is 37.4 Å². The van der Waals surface area contributed by atoms with Gasteiger partial charge in [0.25, 0.3) is 0 Å². The van der Waals surface area contributed by atoms with Gasteiger partial charge in [0.05, 0.1) is 0 Å². The smallest absolute Gasteiger partial charge is 0.211 e. The van der Waals surface area contributed by atoms with Crippen LogP contribution >= 0.6 is 11.6 Å². The lowest BCUT2D eigenvalue weighted by molar-refractivity contribution is 0.293. The van der Waals surface area contributed by atoms with Crippen LogP contribution in [-0.2, 0) is 10.0 Å². The second-order valence-corrected chi connectivity index (χ2v) is 6.19. The zero-order valence-electron chi connectivity index (χ0n) is 7.38. The van der Waals surface area contributed by atoms with Crippen molar-refractivity contribution in [2.45, 2.75) is 32.2 Å². The minimum Gasteiger partial charge on any atom is -0.211 e. The van der Waals surface area contributed by atoms with Crippen LogP contribution in [0, 0.1) is 0 Å². The molecule has 72 valence electrons. The summed E-state index contributed by atoms with van der Waals surface area (Å²) in [7, 11) is -3.21. The quantitative estimate of drug-likeness (QED) is 0.648. The predicted octanol–water partition coefficient (Wildman–Crippen LogP) is 1.39. The molecule has 1 aliphatic rings. The maximum atomic E-state index is 11.4. The number of halogens is 1. The van der Waals surface area contributed by atoms with E-state index in [0.717, 1.165) is 12.8 Å². The summed E-state index contributed by atoms with van der Waals surface area (Å²) in [5.74, 6) is 0. The van der Waals surface area contributed by atoms with Gasteiger partial charge >= 0.3 is 0 Å². The van der Waals surface area contributed by atoms with Gasteiger partial charge in [0.2, 0.25) is 10.0 Å². The van der Waals surface area contributed by atoms with Crippen molar-refractivity contribution in [3.05, 3.63) is 0 Å². The van der Waals surface area contributed by atoms with E-state index in [1.165, 1.54) is 4.31 Å². The van der Waals surface area contributed by atoms with Crippen LogP contribution < -0.4 is 0 Å². The Hall–Kier alpha value is 0.200. The molecule has 1 heterocycles. The van der Waals surface area contributed by atoms with E-state index >= 15 is 0 Å². The third-order valence-electron chi connectivity index (χ3n) is 2.30. The van der Waals surface area contributed by atoms with E-state index < -0.39 is 10.0 Å². The zero-order chi connectivity index (χ0) is 9.41. The van der Waals surface area contributed by atoms with Gasteiger partial charge in [-0.1, -0.05) is 0 Å². The highest BCUT2D eigenvalue weighted by Gasteiger charge is 2.39. The van der Waals surface area contributed by atoms with Gasteiger partial charge in [0.15, 0.2) is 0 Å². The number of alkyl halides is 1. The van der Waals surface area contributed by atoms with Crippen molar-refractivity contribution in [2.75, 3.05) is 11.8 Å². The van der Waals surface area contributed by atoms with E-state index in [1.54, 1.807) is 0 Å². The Labute approximate surface area is 78.7 Å². The Morgan fingerprint density at radius 2 is 2.08 bits per heavy atom. The summed E-state index contributed by atoms with van der Waals surface area (Å²) >= 11 is 5.37. The summed E-state index contributed by atoms with van der Waals surface area (Å²) < 4.78 is 24.3. The normalized spacial score (nSPS) is 24.6. The second-order valence-electron chi connectivity index (χ2n) is 3.71. The van der Waals surface area contributed by atoms with Crippen LogP contribution in [0.4, 0.5) is 0 Å². The van der Waals surface area contributed by atoms with E-state index in [0.29, 0.717) is 6.54 Å². The highest BCUT2D eigenvalue weighted by Crippen LogP contribution is 2.31. The lowest BCUT2D eigenvalue weighted by Gasteiger charge is -2.29. The minimum absolute atomic E-state index is 0.242. The minimum atomic E-state index is -3.21. The molecule has 1 fully saturated rings. The van der Waals surface area contributed by atoms with Crippen molar-refractivity contribution < 1.29 is 8.42 Å². The van der Waals surface area contributed by atoms with Crippen LogP contribution in [-0.4, -0.2) is 30.0 Å². The molecule has 1 saturated heterocycles. The Bertz CT molecular complexity index is 261. The van der Waals surface area contributed by atoms with Crippen LogP contribution in [0.3, 0.4) is 0 Å². The molecule has 0 amide bonds. The molecule has 0 atom stereocenters. The number of hydrogen-bond acceptors (Lipinski definition) is 2. The van der Waals surface area contributed by atoms with Crippen LogP contribution in [0.25, 0.3) is 0 Å². The van der Waals surface area contributed by atoms with Crippen molar-refractivity contribution in [1.29, 1.82) is 0 Å². The molecule has 0 spiro atoms. The standard InChI is InChI=1S/C7H14ClNO2S/c1-7(2)4-3-5-9(7)12(10,11)6-8/h3-6H2,1-2H3. The highest BCUT2D eigenvalue weighted by atomic mass is 35.5. The van der Waals surface area contributed by atoms with Crippen molar-refractivity contribution in [1.82, 2.24) is 4.31 Å². The summed E-state index contributed by atoms with van der Waals surface area (Å²) in [6.45, 7) is 4.48. The van der Waals surface area contributed by atoms with Gasteiger partial charge in [-0.2, -0.15) is 4.31 Å². The van der Waals surface area contributed by atoms with Crippen LogP contribution in [0.1, 0.15) is 26.7 Å². The van der Waals surface area contributed by atoms with Gasteiger partial charge in [-0.3, -0.25) is 0 Å². The van der Waals surface area contributed by atoms with Crippen molar-refractivity contribution in [3.8, 4) is 0 Å². The van der Waals surface area contributed by atoms with E-state index in [9.17, 15) is 8.42 Å². The van der Waals surface area contributed by atoms with Crippen molar-refractivity contribution >= 4 is 21.6 Å². The lowest BCUT2D eigenvalue weighted by atomic mass is 10.0. The molecule has 0 saturated carbocycles. The second kappa shape index (κ2) is 3.16. The third-order valence-corrected chi connectivity index (χ3v) is 4.75. The SMILES string of the molecule is CC1(C)CCCN1S(=O)(=O)CCl. The number of hydrogen-bond donors (Lipinski definition) is 0. The first-order chi connectivity index (χ1) is 5.40. The molecule has 12 heavy (non-hydrogen) atoms. The lowest BCUT2D eigenvalue weighted by Crippen LogP contribution is -2.42. The summed E-state index contributed by atoms with van der Waals surface area (Å²) in [6, 6.07) is 0. The molecule has 0 bridgehead atoms. The van der Waals surface area contributed by atoms with Gasteiger partial charge in [-0.25, -0.2) is 8.42 Å². The van der Waals surface area contributed by atoms with Crippen LogP contribution in [0.15, 0.2) is 0 Å². The van der Waals surface area contributed by atoms with E-state index in [2.05, 4.69) is 0 Å². The third kappa shape index (κ3) is 1.75. The molecule has 1 aliphatic heterocycles. The molecule has 0 radical (unpaired) electrons. The average Bonchev–Trinajstić information content (AvgIpc) is 2.30. The number of nitrogens with zero attached hydrogens (tertiary/aromatic N) is 1. The average molecular weight is 212 g/mol. The Balaban J connectivity index is 2.90. The van der Waals surface area contributed by atoms with Crippen LogP contribution in [0.2, 0.25) is 0 Å². The Morgan fingerprint density at radius 3 is 2.42 bits per heavy atom. The Kier molecular flexibility index (Phi) is 2.71. The molecule has 1 rings (SSSR count). The monoisotopic (exact) mass is 211 g/mol. The van der Waals surface area contributed by atoms with E-state index in [-0.39, 0.29) is 10.8 Å². The van der Waals surface area contributed by atoms with Gasteiger partial charge < -0.3 is 0 Å². The molecule has 0 N–H and O–H groups in total. The molecule has 0 unspecified atom stereocenters. The van der Waals surface area contributed by atoms with Gasteiger partial charge in [-0.05, 0) is 26.7 Å². The van der Waals surface area contributed by atoms with Gasteiger partial charge in [0.1, 0.15) is 5.21 Å². The Morgan fingerprint density at radius 1 is 1.50 bits per heavy atom. The summed E-state index contributed by atoms with van der Waals surface area (Å²) in [5, 5.41) is -0.309. The summed E-state index contributed by atoms with van der Waals surface area (Å²) in [4.78, 5) is 0. The number of sulfonamides is 1. The molecule has 0 aromatic carbocycles. The number of rotatable bonds is 2. The fraction of sp³-hybridized carbons (Fsp3) is 1.00. The van der Waals surface area contributed by atoms with Gasteiger partial charge in [0, 0.05) is 12.1 Å². The predicted molar refractivity (Wildman–Crippen MR) is 49.7 cm³/mol. The van der Waals surface area contributed by atoms with E-state index in [4.69, 9.17) is 11.6 Å². The fourth-order valence-electron chi connectivity index (χ4n) is 1.66. The maximum Gasteiger partial charge on any atom is 0.228 e. The first kappa shape index (κ1) is 10.3. The summed E-state index contributed by atoms with van der Waals surface area (Å²) in [6.07, 6.45) is 1.85. The molecule has 0 aliphatic carbocycles.